The number of benzene rings is 1. The molecule has 0 atom stereocenters. The molecule has 0 bridgehead atoms. The van der Waals surface area contributed by atoms with Gasteiger partial charge in [-0.3, -0.25) is 4.79 Å². The van der Waals surface area contributed by atoms with Crippen molar-refractivity contribution >= 4 is 17.4 Å². The maximum absolute atomic E-state index is 12.2. The number of carbonyl (C=O) groups excluding carboxylic acids is 1. The van der Waals surface area contributed by atoms with Gasteiger partial charge in [-0.05, 0) is 24.3 Å². The van der Waals surface area contributed by atoms with Crippen LogP contribution in [-0.2, 0) is 4.74 Å². The summed E-state index contributed by atoms with van der Waals surface area (Å²) in [5, 5.41) is 5.90. The summed E-state index contributed by atoms with van der Waals surface area (Å²) in [4.78, 5) is 16.3. The predicted octanol–water partition coefficient (Wildman–Crippen LogP) is 2.40. The molecule has 0 radical (unpaired) electrons. The Labute approximate surface area is 129 Å². The van der Waals surface area contributed by atoms with Gasteiger partial charge in [0, 0.05) is 31.6 Å². The average molecular weight is 301 g/mol. The third-order valence-corrected chi connectivity index (χ3v) is 2.97. The fourth-order valence-corrected chi connectivity index (χ4v) is 1.82. The molecule has 0 aliphatic carbocycles. The van der Waals surface area contributed by atoms with Crippen molar-refractivity contribution < 1.29 is 14.3 Å². The second kappa shape index (κ2) is 7.99. The highest BCUT2D eigenvalue weighted by Gasteiger charge is 2.07. The van der Waals surface area contributed by atoms with Gasteiger partial charge in [0.15, 0.2) is 0 Å². The molecule has 0 aliphatic rings. The van der Waals surface area contributed by atoms with Crippen LogP contribution in [0.1, 0.15) is 10.4 Å². The Hall–Kier alpha value is -2.60. The summed E-state index contributed by atoms with van der Waals surface area (Å²) in [5.41, 5.74) is 1.16. The fourth-order valence-electron chi connectivity index (χ4n) is 1.82. The van der Waals surface area contributed by atoms with Gasteiger partial charge in [0.25, 0.3) is 5.91 Å². The highest BCUT2D eigenvalue weighted by atomic mass is 16.5. The lowest BCUT2D eigenvalue weighted by atomic mass is 10.2. The number of methoxy groups -OCH3 is 2. The minimum Gasteiger partial charge on any atom is -0.497 e. The van der Waals surface area contributed by atoms with Gasteiger partial charge in [-0.1, -0.05) is 6.07 Å². The zero-order chi connectivity index (χ0) is 15.8. The van der Waals surface area contributed by atoms with E-state index in [9.17, 15) is 4.79 Å². The Morgan fingerprint density at radius 3 is 2.77 bits per heavy atom. The van der Waals surface area contributed by atoms with Gasteiger partial charge in [-0.2, -0.15) is 0 Å². The van der Waals surface area contributed by atoms with Gasteiger partial charge in [-0.15, -0.1) is 0 Å². The predicted molar refractivity (Wildman–Crippen MR) is 85.5 cm³/mol. The molecule has 116 valence electrons. The Kier molecular flexibility index (Phi) is 5.73. The summed E-state index contributed by atoms with van der Waals surface area (Å²) in [6, 6.07) is 10.7. The van der Waals surface area contributed by atoms with E-state index in [1.54, 1.807) is 38.5 Å². The van der Waals surface area contributed by atoms with Crippen molar-refractivity contribution in [3.8, 4) is 5.75 Å². The average Bonchev–Trinajstić information content (AvgIpc) is 2.56. The number of hydrogen-bond donors (Lipinski definition) is 2. The molecule has 0 unspecified atom stereocenters. The number of nitrogens with one attached hydrogen (secondary N) is 2. The molecule has 2 aromatic rings. The summed E-state index contributed by atoms with van der Waals surface area (Å²) >= 11 is 0. The molecule has 2 N–H and O–H groups in total. The molecule has 0 saturated heterocycles. The largest absolute Gasteiger partial charge is 0.497 e. The van der Waals surface area contributed by atoms with Crippen molar-refractivity contribution in [1.82, 2.24) is 4.98 Å². The van der Waals surface area contributed by atoms with Gasteiger partial charge in [-0.25, -0.2) is 4.98 Å². The molecule has 0 saturated carbocycles. The lowest BCUT2D eigenvalue weighted by Gasteiger charge is -2.08. The Morgan fingerprint density at radius 2 is 2.09 bits per heavy atom. The normalized spacial score (nSPS) is 10.1. The van der Waals surface area contributed by atoms with Crippen LogP contribution in [0.2, 0.25) is 0 Å². The van der Waals surface area contributed by atoms with Crippen LogP contribution in [0.15, 0.2) is 42.6 Å². The molecule has 0 spiro atoms. The highest BCUT2D eigenvalue weighted by Crippen LogP contribution is 2.17. The quantitative estimate of drug-likeness (QED) is 0.768. The molecular weight excluding hydrogens is 282 g/mol. The number of anilines is 2. The van der Waals surface area contributed by atoms with Crippen LogP contribution in [0.25, 0.3) is 0 Å². The van der Waals surface area contributed by atoms with Crippen molar-refractivity contribution in [3.63, 3.8) is 0 Å². The number of amides is 1. The van der Waals surface area contributed by atoms with Crippen molar-refractivity contribution in [3.05, 3.63) is 48.2 Å². The van der Waals surface area contributed by atoms with E-state index >= 15 is 0 Å². The first-order valence-electron chi connectivity index (χ1n) is 6.87. The molecule has 1 aromatic heterocycles. The molecule has 0 fully saturated rings. The standard InChI is InChI=1S/C16H19N3O3/c1-21-9-8-17-15-7-6-12(11-18-15)16(20)19-13-4-3-5-14(10-13)22-2/h3-7,10-11H,8-9H2,1-2H3,(H,17,18)(H,19,20). The van der Waals surface area contributed by atoms with Gasteiger partial charge in [0.2, 0.25) is 0 Å². The minimum absolute atomic E-state index is 0.218. The van der Waals surface area contributed by atoms with E-state index in [4.69, 9.17) is 9.47 Å². The number of carbonyl (C=O) groups is 1. The van der Waals surface area contributed by atoms with Gasteiger partial charge < -0.3 is 20.1 Å². The summed E-state index contributed by atoms with van der Waals surface area (Å²) in [6.45, 7) is 1.26. The zero-order valence-corrected chi connectivity index (χ0v) is 12.6. The first kappa shape index (κ1) is 15.8. The van der Waals surface area contributed by atoms with Crippen LogP contribution in [0.3, 0.4) is 0 Å². The second-order valence-corrected chi connectivity index (χ2v) is 4.54. The number of hydrogen-bond acceptors (Lipinski definition) is 5. The van der Waals surface area contributed by atoms with Crippen LogP contribution >= 0.6 is 0 Å². The summed E-state index contributed by atoms with van der Waals surface area (Å²) in [7, 11) is 3.22. The number of nitrogens with zero attached hydrogens (tertiary/aromatic N) is 1. The molecule has 6 nitrogen and oxygen atoms in total. The number of rotatable bonds is 7. The maximum Gasteiger partial charge on any atom is 0.257 e. The summed E-state index contributed by atoms with van der Waals surface area (Å²) in [6.07, 6.45) is 1.53. The number of pyridine rings is 1. The lowest BCUT2D eigenvalue weighted by molar-refractivity contribution is 0.102. The Bertz CT molecular complexity index is 614. The van der Waals surface area contributed by atoms with Crippen molar-refractivity contribution in [2.45, 2.75) is 0 Å². The second-order valence-electron chi connectivity index (χ2n) is 4.54. The minimum atomic E-state index is -0.218. The van der Waals surface area contributed by atoms with Crippen LogP contribution in [0.5, 0.6) is 5.75 Å². The van der Waals surface area contributed by atoms with E-state index in [1.807, 2.05) is 12.1 Å². The van der Waals surface area contributed by atoms with E-state index < -0.39 is 0 Å². The third kappa shape index (κ3) is 4.46. The van der Waals surface area contributed by atoms with E-state index in [2.05, 4.69) is 15.6 Å². The van der Waals surface area contributed by atoms with Gasteiger partial charge in [0.05, 0.1) is 19.3 Å². The van der Waals surface area contributed by atoms with Crippen LogP contribution in [0, 0.1) is 0 Å². The van der Waals surface area contributed by atoms with E-state index in [0.29, 0.717) is 36.0 Å². The van der Waals surface area contributed by atoms with E-state index in [1.165, 1.54) is 6.20 Å². The van der Waals surface area contributed by atoms with Crippen molar-refractivity contribution in [2.75, 3.05) is 38.0 Å². The molecular formula is C16H19N3O3. The molecule has 2 rings (SSSR count). The topological polar surface area (TPSA) is 72.5 Å². The van der Waals surface area contributed by atoms with Crippen molar-refractivity contribution in [1.29, 1.82) is 0 Å². The Balaban J connectivity index is 1.97. The molecule has 1 heterocycles. The molecule has 1 amide bonds. The SMILES string of the molecule is COCCNc1ccc(C(=O)Nc2cccc(OC)c2)cn1. The lowest BCUT2D eigenvalue weighted by Crippen LogP contribution is -2.13. The molecule has 22 heavy (non-hydrogen) atoms. The fraction of sp³-hybridized carbons (Fsp3) is 0.250. The summed E-state index contributed by atoms with van der Waals surface area (Å²) < 4.78 is 10.1. The van der Waals surface area contributed by atoms with Crippen molar-refractivity contribution in [2.24, 2.45) is 0 Å². The smallest absolute Gasteiger partial charge is 0.257 e. The first-order chi connectivity index (χ1) is 10.7. The molecule has 1 aromatic carbocycles. The van der Waals surface area contributed by atoms with Crippen LogP contribution < -0.4 is 15.4 Å². The number of ether oxygens (including phenoxy) is 2. The van der Waals surface area contributed by atoms with Gasteiger partial charge >= 0.3 is 0 Å². The maximum atomic E-state index is 12.2. The highest BCUT2D eigenvalue weighted by molar-refractivity contribution is 6.04. The van der Waals surface area contributed by atoms with E-state index in [0.717, 1.165) is 0 Å². The summed E-state index contributed by atoms with van der Waals surface area (Å²) in [5.74, 6) is 1.17. The van der Waals surface area contributed by atoms with Crippen LogP contribution in [0.4, 0.5) is 11.5 Å². The monoisotopic (exact) mass is 301 g/mol. The third-order valence-electron chi connectivity index (χ3n) is 2.97. The zero-order valence-electron chi connectivity index (χ0n) is 12.6. The van der Waals surface area contributed by atoms with Gasteiger partial charge in [0.1, 0.15) is 11.6 Å². The van der Waals surface area contributed by atoms with Crippen LogP contribution in [-0.4, -0.2) is 38.3 Å². The Morgan fingerprint density at radius 1 is 1.23 bits per heavy atom. The van der Waals surface area contributed by atoms with E-state index in [-0.39, 0.29) is 5.91 Å². The first-order valence-corrected chi connectivity index (χ1v) is 6.87. The number of aromatic nitrogens is 1. The molecule has 6 heteroatoms. The molecule has 0 aliphatic heterocycles.